The van der Waals surface area contributed by atoms with Crippen molar-refractivity contribution in [2.75, 3.05) is 11.5 Å². The molecule has 0 radical (unpaired) electrons. The first-order valence-corrected chi connectivity index (χ1v) is 9.71. The lowest BCUT2D eigenvalue weighted by Crippen LogP contribution is -2.24. The molecule has 1 amide bonds. The highest BCUT2D eigenvalue weighted by Gasteiger charge is 2.31. The maximum absolute atomic E-state index is 11.9. The van der Waals surface area contributed by atoms with Gasteiger partial charge in [-0.3, -0.25) is 4.79 Å². The number of anilines is 2. The Balaban J connectivity index is 0.000000290. The highest BCUT2D eigenvalue weighted by molar-refractivity contribution is 7.80. The number of hydrazone groups is 1. The summed E-state index contributed by atoms with van der Waals surface area (Å²) in [6, 6.07) is 24.8. The van der Waals surface area contributed by atoms with Gasteiger partial charge < -0.3 is 11.5 Å². The molecule has 4 rings (SSSR count). The summed E-state index contributed by atoms with van der Waals surface area (Å²) < 4.78 is 0. The van der Waals surface area contributed by atoms with Gasteiger partial charge in [0.15, 0.2) is 0 Å². The van der Waals surface area contributed by atoms with E-state index in [9.17, 15) is 4.79 Å². The Morgan fingerprint density at radius 2 is 1.48 bits per heavy atom. The average Bonchev–Trinajstić information content (AvgIpc) is 3.16. The van der Waals surface area contributed by atoms with Crippen LogP contribution in [0.3, 0.4) is 0 Å². The number of carbonyl (C=O) groups is 1. The van der Waals surface area contributed by atoms with Crippen LogP contribution in [0, 0.1) is 0 Å². The van der Waals surface area contributed by atoms with Crippen LogP contribution in [0.2, 0.25) is 0 Å². The van der Waals surface area contributed by atoms with Crippen LogP contribution in [-0.2, 0) is 4.79 Å². The first-order chi connectivity index (χ1) is 13.9. The molecule has 1 aliphatic rings. The van der Waals surface area contributed by atoms with E-state index >= 15 is 0 Å². The quantitative estimate of drug-likeness (QED) is 0.433. The lowest BCUT2D eigenvalue weighted by molar-refractivity contribution is -0.130. The Labute approximate surface area is 176 Å². The number of rotatable bonds is 2. The van der Waals surface area contributed by atoms with Crippen LogP contribution in [0.15, 0.2) is 88.9 Å². The molecule has 3 aromatic rings. The summed E-state index contributed by atoms with van der Waals surface area (Å²) in [4.78, 5) is 12.9. The van der Waals surface area contributed by atoms with Gasteiger partial charge in [-0.15, -0.1) is 12.6 Å². The van der Waals surface area contributed by atoms with Crippen LogP contribution in [0.4, 0.5) is 11.4 Å². The number of thiol groups is 1. The van der Waals surface area contributed by atoms with Crippen molar-refractivity contribution in [3.63, 3.8) is 0 Å². The number of hydrogen-bond donors (Lipinski definition) is 3. The first-order valence-electron chi connectivity index (χ1n) is 9.26. The number of nitrogens with two attached hydrogens (primary N) is 2. The summed E-state index contributed by atoms with van der Waals surface area (Å²) in [7, 11) is 0. The van der Waals surface area contributed by atoms with Crippen LogP contribution >= 0.6 is 12.6 Å². The molecule has 4 N–H and O–H groups in total. The van der Waals surface area contributed by atoms with E-state index in [-0.39, 0.29) is 11.9 Å². The molecular formula is C23H24N4OS. The SMILES string of the molecule is CC(=O)N1N=C(c2ccc(N)cc2)CC1c1ccc(N)cc1.Sc1ccccc1. The second-order valence-electron chi connectivity index (χ2n) is 6.75. The van der Waals surface area contributed by atoms with Crippen molar-refractivity contribution >= 4 is 35.6 Å². The van der Waals surface area contributed by atoms with Crippen LogP contribution < -0.4 is 11.5 Å². The Kier molecular flexibility index (Phi) is 6.57. The fraction of sp³-hybridized carbons (Fsp3) is 0.130. The fourth-order valence-electron chi connectivity index (χ4n) is 3.06. The summed E-state index contributed by atoms with van der Waals surface area (Å²) >= 11 is 4.08. The first kappa shape index (κ1) is 20.5. The van der Waals surface area contributed by atoms with Crippen LogP contribution in [-0.4, -0.2) is 16.6 Å². The number of amides is 1. The minimum absolute atomic E-state index is 0.0766. The van der Waals surface area contributed by atoms with Gasteiger partial charge in [0.2, 0.25) is 5.91 Å². The predicted octanol–water partition coefficient (Wildman–Crippen LogP) is 4.52. The van der Waals surface area contributed by atoms with E-state index in [1.165, 1.54) is 11.9 Å². The Hall–Kier alpha value is -3.25. The van der Waals surface area contributed by atoms with Gasteiger partial charge in [-0.1, -0.05) is 42.5 Å². The minimum Gasteiger partial charge on any atom is -0.399 e. The summed E-state index contributed by atoms with van der Waals surface area (Å²) in [6.45, 7) is 1.53. The van der Waals surface area contributed by atoms with Gasteiger partial charge in [-0.25, -0.2) is 5.01 Å². The molecule has 5 nitrogen and oxygen atoms in total. The van der Waals surface area contributed by atoms with E-state index in [0.29, 0.717) is 17.8 Å². The molecule has 0 aromatic heterocycles. The normalized spacial score (nSPS) is 15.3. The van der Waals surface area contributed by atoms with Crippen LogP contribution in [0.5, 0.6) is 0 Å². The second kappa shape index (κ2) is 9.30. The predicted molar refractivity (Wildman–Crippen MR) is 122 cm³/mol. The number of hydrogen-bond acceptors (Lipinski definition) is 5. The molecule has 0 bridgehead atoms. The molecule has 1 aliphatic heterocycles. The van der Waals surface area contributed by atoms with Gasteiger partial charge >= 0.3 is 0 Å². The Morgan fingerprint density at radius 1 is 0.931 bits per heavy atom. The van der Waals surface area contributed by atoms with Gasteiger partial charge in [-0.2, -0.15) is 5.10 Å². The van der Waals surface area contributed by atoms with E-state index in [1.54, 1.807) is 0 Å². The minimum atomic E-state index is -0.0920. The van der Waals surface area contributed by atoms with Gasteiger partial charge in [0, 0.05) is 29.6 Å². The molecule has 0 aliphatic carbocycles. The standard InChI is InChI=1S/C17H18N4O.C6H6S/c1-11(22)21-17(13-4-8-15(19)9-5-13)10-16(20-21)12-2-6-14(18)7-3-12;7-6-4-2-1-3-5-6/h2-9,17H,10,18-19H2,1H3;1-5,7H. The summed E-state index contributed by atoms with van der Waals surface area (Å²) in [5, 5.41) is 6.03. The summed E-state index contributed by atoms with van der Waals surface area (Å²) in [5.41, 5.74) is 15.8. The van der Waals surface area contributed by atoms with E-state index < -0.39 is 0 Å². The molecule has 6 heteroatoms. The molecule has 0 saturated heterocycles. The average molecular weight is 405 g/mol. The third-order valence-electron chi connectivity index (χ3n) is 4.55. The van der Waals surface area contributed by atoms with Gasteiger partial charge in [0.05, 0.1) is 11.8 Å². The van der Waals surface area contributed by atoms with Crippen molar-refractivity contribution in [1.29, 1.82) is 0 Å². The monoisotopic (exact) mass is 404 g/mol. The zero-order valence-electron chi connectivity index (χ0n) is 16.2. The van der Waals surface area contributed by atoms with Gasteiger partial charge in [0.1, 0.15) is 0 Å². The zero-order valence-corrected chi connectivity index (χ0v) is 17.1. The van der Waals surface area contributed by atoms with Gasteiger partial charge in [0.25, 0.3) is 0 Å². The topological polar surface area (TPSA) is 84.7 Å². The molecular weight excluding hydrogens is 380 g/mol. The molecule has 3 aromatic carbocycles. The van der Waals surface area contributed by atoms with Crippen molar-refractivity contribution in [3.8, 4) is 0 Å². The molecule has 0 spiro atoms. The fourth-order valence-corrected chi connectivity index (χ4v) is 3.23. The molecule has 29 heavy (non-hydrogen) atoms. The summed E-state index contributed by atoms with van der Waals surface area (Å²) in [6.07, 6.45) is 0.674. The summed E-state index contributed by atoms with van der Waals surface area (Å²) in [5.74, 6) is -0.0766. The van der Waals surface area contributed by atoms with Crippen molar-refractivity contribution in [1.82, 2.24) is 5.01 Å². The molecule has 1 unspecified atom stereocenters. The number of nitrogen functional groups attached to an aromatic ring is 2. The maximum atomic E-state index is 11.9. The van der Waals surface area contributed by atoms with Crippen molar-refractivity contribution in [2.24, 2.45) is 5.10 Å². The van der Waals surface area contributed by atoms with E-state index in [2.05, 4.69) is 17.7 Å². The molecule has 0 saturated carbocycles. The van der Waals surface area contributed by atoms with Crippen molar-refractivity contribution in [3.05, 3.63) is 90.0 Å². The Bertz CT molecular complexity index is 986. The van der Waals surface area contributed by atoms with E-state index in [0.717, 1.165) is 21.7 Å². The molecule has 1 atom stereocenters. The lowest BCUT2D eigenvalue weighted by Gasteiger charge is -2.20. The zero-order chi connectivity index (χ0) is 20.8. The van der Waals surface area contributed by atoms with E-state index in [1.807, 2.05) is 78.9 Å². The molecule has 0 fully saturated rings. The highest BCUT2D eigenvalue weighted by Crippen LogP contribution is 2.33. The molecule has 148 valence electrons. The van der Waals surface area contributed by atoms with Crippen molar-refractivity contribution < 1.29 is 4.79 Å². The largest absolute Gasteiger partial charge is 0.399 e. The number of benzene rings is 3. The highest BCUT2D eigenvalue weighted by atomic mass is 32.1. The van der Waals surface area contributed by atoms with Crippen LogP contribution in [0.1, 0.15) is 30.5 Å². The Morgan fingerprint density at radius 3 is 1.97 bits per heavy atom. The third-order valence-corrected chi connectivity index (χ3v) is 4.85. The molecule has 1 heterocycles. The smallest absolute Gasteiger partial charge is 0.240 e. The maximum Gasteiger partial charge on any atom is 0.240 e. The van der Waals surface area contributed by atoms with Crippen molar-refractivity contribution in [2.45, 2.75) is 24.3 Å². The second-order valence-corrected chi connectivity index (χ2v) is 7.27. The van der Waals surface area contributed by atoms with Gasteiger partial charge in [-0.05, 0) is 47.5 Å². The third kappa shape index (κ3) is 5.39. The van der Waals surface area contributed by atoms with Crippen LogP contribution in [0.25, 0.3) is 0 Å². The lowest BCUT2D eigenvalue weighted by atomic mass is 9.98. The number of carbonyl (C=O) groups excluding carboxylic acids is 1. The number of nitrogens with zero attached hydrogens (tertiary/aromatic N) is 2. The van der Waals surface area contributed by atoms with E-state index in [4.69, 9.17) is 11.5 Å².